The van der Waals surface area contributed by atoms with Crippen molar-refractivity contribution in [1.29, 1.82) is 0 Å². The quantitative estimate of drug-likeness (QED) is 0.756. The Balaban J connectivity index is -0.000000439. The molecule has 2 N–H and O–H groups in total. The summed E-state index contributed by atoms with van der Waals surface area (Å²) in [4.78, 5) is 21.8. The molecule has 0 aliphatic heterocycles. The number of hydrogen-bond acceptors (Lipinski definition) is 2. The maximum absolute atomic E-state index is 11.0. The van der Waals surface area contributed by atoms with Crippen LogP contribution in [0.5, 0.6) is 0 Å². The summed E-state index contributed by atoms with van der Waals surface area (Å²) in [5.74, 6) is 0.0223. The number of rotatable bonds is 6. The standard InChI is InChI=1S/C9H18N2O2.2C2H6/c1-3-7-11-9(13)6-4-5-8(12)10-2;2*1-2/h3-7H2,1-2H3,(H,10,12)(H,11,13);2*1-2H3. The molecule has 0 radical (unpaired) electrons. The van der Waals surface area contributed by atoms with Crippen LogP contribution in [0, 0.1) is 0 Å². The zero-order chi connectivity index (χ0) is 14.1. The van der Waals surface area contributed by atoms with Gasteiger partial charge in [0.15, 0.2) is 0 Å². The number of hydrogen-bond donors (Lipinski definition) is 2. The van der Waals surface area contributed by atoms with Gasteiger partial charge in [0, 0.05) is 26.4 Å². The van der Waals surface area contributed by atoms with Crippen molar-refractivity contribution in [1.82, 2.24) is 10.6 Å². The lowest BCUT2D eigenvalue weighted by Gasteiger charge is -2.02. The third-order valence-electron chi connectivity index (χ3n) is 1.66. The molecule has 0 saturated carbocycles. The van der Waals surface area contributed by atoms with Gasteiger partial charge in [0.25, 0.3) is 0 Å². The summed E-state index contributed by atoms with van der Waals surface area (Å²) in [5.41, 5.74) is 0. The first kappa shape index (κ1) is 21.2. The SMILES string of the molecule is CC.CC.CCCNC(=O)CCCC(=O)NC. The van der Waals surface area contributed by atoms with E-state index in [1.165, 1.54) is 0 Å². The van der Waals surface area contributed by atoms with Gasteiger partial charge in [-0.25, -0.2) is 0 Å². The van der Waals surface area contributed by atoms with E-state index in [0.717, 1.165) is 13.0 Å². The average Bonchev–Trinajstić information content (AvgIpc) is 2.40. The molecule has 4 nitrogen and oxygen atoms in total. The summed E-state index contributed by atoms with van der Waals surface area (Å²) in [6.45, 7) is 10.7. The molecule has 0 rings (SSSR count). The number of carbonyl (C=O) groups is 2. The molecule has 104 valence electrons. The van der Waals surface area contributed by atoms with E-state index in [1.54, 1.807) is 7.05 Å². The molecule has 0 unspecified atom stereocenters. The molecule has 0 aromatic heterocycles. The first-order chi connectivity index (χ1) is 8.20. The van der Waals surface area contributed by atoms with E-state index in [9.17, 15) is 9.59 Å². The fraction of sp³-hybridized carbons (Fsp3) is 0.846. The van der Waals surface area contributed by atoms with Crippen molar-refractivity contribution >= 4 is 11.8 Å². The molecular weight excluding hydrogens is 216 g/mol. The lowest BCUT2D eigenvalue weighted by atomic mass is 10.2. The zero-order valence-electron chi connectivity index (χ0n) is 12.4. The highest BCUT2D eigenvalue weighted by atomic mass is 16.2. The van der Waals surface area contributed by atoms with Crippen LogP contribution in [0.2, 0.25) is 0 Å². The molecule has 0 aromatic carbocycles. The molecule has 0 fully saturated rings. The van der Waals surface area contributed by atoms with Gasteiger partial charge in [0.2, 0.25) is 11.8 Å². The van der Waals surface area contributed by atoms with Gasteiger partial charge in [-0.2, -0.15) is 0 Å². The van der Waals surface area contributed by atoms with Crippen LogP contribution in [0.3, 0.4) is 0 Å². The van der Waals surface area contributed by atoms with Crippen molar-refractivity contribution < 1.29 is 9.59 Å². The molecule has 17 heavy (non-hydrogen) atoms. The van der Waals surface area contributed by atoms with E-state index in [2.05, 4.69) is 10.6 Å². The minimum absolute atomic E-state index is 0.0108. The molecule has 0 heterocycles. The Morgan fingerprint density at radius 3 is 1.82 bits per heavy atom. The lowest BCUT2D eigenvalue weighted by molar-refractivity contribution is -0.122. The van der Waals surface area contributed by atoms with Crippen molar-refractivity contribution in [3.63, 3.8) is 0 Å². The topological polar surface area (TPSA) is 58.2 Å². The Morgan fingerprint density at radius 2 is 1.41 bits per heavy atom. The fourth-order valence-corrected chi connectivity index (χ4v) is 0.887. The summed E-state index contributed by atoms with van der Waals surface area (Å²) in [6.07, 6.45) is 2.43. The van der Waals surface area contributed by atoms with Crippen LogP contribution in [0.25, 0.3) is 0 Å². The van der Waals surface area contributed by atoms with Gasteiger partial charge >= 0.3 is 0 Å². The predicted molar refractivity (Wildman–Crippen MR) is 73.9 cm³/mol. The van der Waals surface area contributed by atoms with E-state index in [-0.39, 0.29) is 11.8 Å². The molecular formula is C13H30N2O2. The van der Waals surface area contributed by atoms with Crippen LogP contribution in [0.15, 0.2) is 0 Å². The molecule has 0 aliphatic rings. The second-order valence-electron chi connectivity index (χ2n) is 2.88. The highest BCUT2D eigenvalue weighted by Crippen LogP contribution is 1.94. The Kier molecular flexibility index (Phi) is 25.5. The minimum atomic E-state index is -0.0108. The van der Waals surface area contributed by atoms with Crippen molar-refractivity contribution in [3.05, 3.63) is 0 Å². The van der Waals surface area contributed by atoms with Gasteiger partial charge in [-0.05, 0) is 12.8 Å². The van der Waals surface area contributed by atoms with E-state index < -0.39 is 0 Å². The summed E-state index contributed by atoms with van der Waals surface area (Å²) in [7, 11) is 1.60. The van der Waals surface area contributed by atoms with Crippen LogP contribution >= 0.6 is 0 Å². The Morgan fingerprint density at radius 1 is 0.941 bits per heavy atom. The summed E-state index contributed by atoms with van der Waals surface area (Å²) in [5, 5.41) is 5.26. The molecule has 0 spiro atoms. The summed E-state index contributed by atoms with van der Waals surface area (Å²) < 4.78 is 0. The third-order valence-corrected chi connectivity index (χ3v) is 1.66. The van der Waals surface area contributed by atoms with Crippen LogP contribution in [0.4, 0.5) is 0 Å². The highest BCUT2D eigenvalue weighted by Gasteiger charge is 2.02. The highest BCUT2D eigenvalue weighted by molar-refractivity contribution is 5.78. The lowest BCUT2D eigenvalue weighted by Crippen LogP contribution is -2.24. The molecule has 0 saturated heterocycles. The number of nitrogens with one attached hydrogen (secondary N) is 2. The first-order valence-corrected chi connectivity index (χ1v) is 6.68. The molecule has 4 heteroatoms. The molecule has 0 atom stereocenters. The van der Waals surface area contributed by atoms with Gasteiger partial charge in [0.05, 0.1) is 0 Å². The molecule has 0 aliphatic carbocycles. The maximum atomic E-state index is 11.0. The number of amides is 2. The van der Waals surface area contributed by atoms with Crippen molar-refractivity contribution in [2.24, 2.45) is 0 Å². The van der Waals surface area contributed by atoms with Gasteiger partial charge in [-0.1, -0.05) is 34.6 Å². The van der Waals surface area contributed by atoms with Crippen molar-refractivity contribution in [3.8, 4) is 0 Å². The van der Waals surface area contributed by atoms with Crippen LogP contribution < -0.4 is 10.6 Å². The maximum Gasteiger partial charge on any atom is 0.220 e. The normalized spacial score (nSPS) is 7.88. The van der Waals surface area contributed by atoms with Crippen LogP contribution in [-0.2, 0) is 9.59 Å². The minimum Gasteiger partial charge on any atom is -0.359 e. The van der Waals surface area contributed by atoms with E-state index in [0.29, 0.717) is 19.3 Å². The predicted octanol–water partition coefficient (Wildman–Crippen LogP) is 2.48. The molecule has 2 amide bonds. The second-order valence-corrected chi connectivity index (χ2v) is 2.88. The molecule has 0 aromatic rings. The van der Waals surface area contributed by atoms with Gasteiger partial charge in [-0.15, -0.1) is 0 Å². The van der Waals surface area contributed by atoms with Crippen LogP contribution in [-0.4, -0.2) is 25.4 Å². The fourth-order valence-electron chi connectivity index (χ4n) is 0.887. The van der Waals surface area contributed by atoms with E-state index in [1.807, 2.05) is 34.6 Å². The second kappa shape index (κ2) is 20.4. The summed E-state index contributed by atoms with van der Waals surface area (Å²) in [6, 6.07) is 0. The van der Waals surface area contributed by atoms with E-state index >= 15 is 0 Å². The molecule has 0 bridgehead atoms. The summed E-state index contributed by atoms with van der Waals surface area (Å²) >= 11 is 0. The Hall–Kier alpha value is -1.06. The van der Waals surface area contributed by atoms with Gasteiger partial charge in [0.1, 0.15) is 0 Å². The third kappa shape index (κ3) is 20.9. The van der Waals surface area contributed by atoms with Gasteiger partial charge in [-0.3, -0.25) is 9.59 Å². The number of carbonyl (C=O) groups excluding carboxylic acids is 2. The van der Waals surface area contributed by atoms with Gasteiger partial charge < -0.3 is 10.6 Å². The van der Waals surface area contributed by atoms with Crippen molar-refractivity contribution in [2.45, 2.75) is 60.3 Å². The zero-order valence-corrected chi connectivity index (χ0v) is 12.4. The largest absolute Gasteiger partial charge is 0.359 e. The van der Waals surface area contributed by atoms with E-state index in [4.69, 9.17) is 0 Å². The average molecular weight is 246 g/mol. The first-order valence-electron chi connectivity index (χ1n) is 6.68. The van der Waals surface area contributed by atoms with Crippen molar-refractivity contribution in [2.75, 3.05) is 13.6 Å². The Bertz CT molecular complexity index is 171. The monoisotopic (exact) mass is 246 g/mol. The smallest absolute Gasteiger partial charge is 0.220 e. The Labute approximate surface area is 107 Å². The van der Waals surface area contributed by atoms with Crippen LogP contribution in [0.1, 0.15) is 60.3 Å².